The summed E-state index contributed by atoms with van der Waals surface area (Å²) in [6.07, 6.45) is -0.707. The lowest BCUT2D eigenvalue weighted by Gasteiger charge is -2.23. The highest BCUT2D eigenvalue weighted by Crippen LogP contribution is 2.20. The number of hydrogen-bond acceptors (Lipinski definition) is 5. The van der Waals surface area contributed by atoms with Crippen molar-refractivity contribution in [1.82, 2.24) is 10.2 Å². The molecule has 1 unspecified atom stereocenters. The highest BCUT2D eigenvalue weighted by atomic mass is 16.6. The quantitative estimate of drug-likeness (QED) is 0.589. The molecular weight excluding hydrogens is 408 g/mol. The molecule has 32 heavy (non-hydrogen) atoms. The van der Waals surface area contributed by atoms with E-state index >= 15 is 0 Å². The number of imide groups is 1. The van der Waals surface area contributed by atoms with Crippen LogP contribution in [0.4, 0.5) is 4.79 Å². The van der Waals surface area contributed by atoms with Crippen LogP contribution in [0.3, 0.4) is 0 Å². The van der Waals surface area contributed by atoms with Crippen molar-refractivity contribution in [2.24, 2.45) is 0 Å². The van der Waals surface area contributed by atoms with Gasteiger partial charge in [0.1, 0.15) is 12.4 Å². The number of hydrogen-bond donors (Lipinski definition) is 1. The first-order chi connectivity index (χ1) is 15.6. The van der Waals surface area contributed by atoms with E-state index in [4.69, 9.17) is 9.47 Å². The first-order valence-corrected chi connectivity index (χ1v) is 10.2. The van der Waals surface area contributed by atoms with Crippen molar-refractivity contribution in [2.75, 3.05) is 13.2 Å². The van der Waals surface area contributed by atoms with E-state index in [1.807, 2.05) is 60.7 Å². The third kappa shape index (κ3) is 5.13. The molecule has 1 N–H and O–H groups in total. The van der Waals surface area contributed by atoms with Gasteiger partial charge in [0, 0.05) is 5.56 Å². The van der Waals surface area contributed by atoms with Gasteiger partial charge in [0.15, 0.2) is 6.61 Å². The van der Waals surface area contributed by atoms with Crippen molar-refractivity contribution in [3.05, 3.63) is 102 Å². The Balaban J connectivity index is 1.48. The molecule has 7 heteroatoms. The third-order valence-electron chi connectivity index (χ3n) is 5.06. The predicted octanol–water partition coefficient (Wildman–Crippen LogP) is 3.72. The Kier molecular flexibility index (Phi) is 6.46. The molecule has 0 aliphatic carbocycles. The maximum atomic E-state index is 13.0. The Labute approximate surface area is 185 Å². The molecule has 7 nitrogen and oxygen atoms in total. The number of ether oxygens (including phenoxy) is 2. The topological polar surface area (TPSA) is 84.9 Å². The van der Waals surface area contributed by atoms with Crippen molar-refractivity contribution in [1.29, 1.82) is 0 Å². The van der Waals surface area contributed by atoms with E-state index in [2.05, 4.69) is 5.32 Å². The first kappa shape index (κ1) is 21.1. The summed E-state index contributed by atoms with van der Waals surface area (Å²) in [7, 11) is 0. The van der Waals surface area contributed by atoms with Gasteiger partial charge in [-0.15, -0.1) is 0 Å². The number of nitrogens with one attached hydrogen (secondary N) is 1. The van der Waals surface area contributed by atoms with Gasteiger partial charge in [0.05, 0.1) is 12.6 Å². The number of nitrogens with zero attached hydrogens (tertiary/aromatic N) is 1. The predicted molar refractivity (Wildman–Crippen MR) is 117 cm³/mol. The smallest absolute Gasteiger partial charge is 0.417 e. The van der Waals surface area contributed by atoms with Crippen LogP contribution in [-0.2, 0) is 16.1 Å². The van der Waals surface area contributed by atoms with Gasteiger partial charge in [0.25, 0.3) is 11.8 Å². The van der Waals surface area contributed by atoms with Crippen LogP contribution in [0.25, 0.3) is 0 Å². The molecule has 0 aromatic heterocycles. The molecule has 1 saturated heterocycles. The summed E-state index contributed by atoms with van der Waals surface area (Å²) in [6, 6.07) is 25.2. The molecule has 1 heterocycles. The van der Waals surface area contributed by atoms with E-state index in [0.29, 0.717) is 17.9 Å². The van der Waals surface area contributed by atoms with Gasteiger partial charge in [-0.25, -0.2) is 9.69 Å². The van der Waals surface area contributed by atoms with Crippen molar-refractivity contribution >= 4 is 17.9 Å². The molecule has 4 rings (SSSR count). The maximum absolute atomic E-state index is 13.0. The molecule has 3 aromatic rings. The molecule has 3 aromatic carbocycles. The van der Waals surface area contributed by atoms with Crippen LogP contribution in [0.2, 0.25) is 0 Å². The molecule has 1 aliphatic heterocycles. The van der Waals surface area contributed by atoms with Gasteiger partial charge in [-0.05, 0) is 29.3 Å². The molecule has 0 spiro atoms. The average molecular weight is 430 g/mol. The Hall–Kier alpha value is -4.13. The normalized spacial score (nSPS) is 14.1. The van der Waals surface area contributed by atoms with Crippen LogP contribution in [0, 0.1) is 0 Å². The van der Waals surface area contributed by atoms with Gasteiger partial charge < -0.3 is 14.8 Å². The lowest BCUT2D eigenvalue weighted by molar-refractivity contribution is -0.126. The van der Waals surface area contributed by atoms with Crippen molar-refractivity contribution < 1.29 is 23.9 Å². The van der Waals surface area contributed by atoms with Crippen LogP contribution >= 0.6 is 0 Å². The number of benzene rings is 3. The van der Waals surface area contributed by atoms with Crippen LogP contribution in [0.1, 0.15) is 27.5 Å². The second-order valence-corrected chi connectivity index (χ2v) is 7.30. The molecule has 1 atom stereocenters. The molecule has 1 fully saturated rings. The molecule has 1 aliphatic rings. The fourth-order valence-electron chi connectivity index (χ4n) is 3.37. The summed E-state index contributed by atoms with van der Waals surface area (Å²) in [4.78, 5) is 37.9. The van der Waals surface area contributed by atoms with Gasteiger partial charge in [0.2, 0.25) is 0 Å². The summed E-state index contributed by atoms with van der Waals surface area (Å²) in [6.45, 7) is 0.0877. The summed E-state index contributed by atoms with van der Waals surface area (Å²) < 4.78 is 10.6. The second-order valence-electron chi connectivity index (χ2n) is 7.30. The molecule has 0 bridgehead atoms. The van der Waals surface area contributed by atoms with Crippen molar-refractivity contribution in [2.45, 2.75) is 12.6 Å². The van der Waals surface area contributed by atoms with Gasteiger partial charge in [-0.1, -0.05) is 66.7 Å². The van der Waals surface area contributed by atoms with Crippen LogP contribution in [-0.4, -0.2) is 36.0 Å². The highest BCUT2D eigenvalue weighted by molar-refractivity contribution is 5.98. The number of cyclic esters (lactones) is 1. The van der Waals surface area contributed by atoms with E-state index in [9.17, 15) is 14.4 Å². The third-order valence-corrected chi connectivity index (χ3v) is 5.06. The highest BCUT2D eigenvalue weighted by Gasteiger charge is 2.33. The zero-order valence-electron chi connectivity index (χ0n) is 17.3. The standard InChI is InChI=1S/C25H22N2O5/c28-23-17-32-25(30)27(23)15-22(19-10-5-2-6-11-19)26-24(29)20-12-7-13-21(14-20)31-16-18-8-3-1-4-9-18/h1-14,22H,15-17H2,(H,26,29). The Morgan fingerprint density at radius 2 is 1.69 bits per heavy atom. The lowest BCUT2D eigenvalue weighted by atomic mass is 10.1. The van der Waals surface area contributed by atoms with E-state index in [0.717, 1.165) is 16.0 Å². The van der Waals surface area contributed by atoms with E-state index in [1.165, 1.54) is 0 Å². The molecule has 162 valence electrons. The number of carbonyl (C=O) groups is 3. The van der Waals surface area contributed by atoms with Gasteiger partial charge in [-0.3, -0.25) is 9.59 Å². The first-order valence-electron chi connectivity index (χ1n) is 10.2. The Morgan fingerprint density at radius 1 is 0.969 bits per heavy atom. The van der Waals surface area contributed by atoms with Gasteiger partial charge in [-0.2, -0.15) is 0 Å². The van der Waals surface area contributed by atoms with E-state index in [-0.39, 0.29) is 19.1 Å². The zero-order valence-corrected chi connectivity index (χ0v) is 17.3. The number of amides is 3. The molecule has 0 saturated carbocycles. The lowest BCUT2D eigenvalue weighted by Crippen LogP contribution is -2.40. The molecule has 0 radical (unpaired) electrons. The fraction of sp³-hybridized carbons (Fsp3) is 0.160. The minimum absolute atomic E-state index is 0.0163. The van der Waals surface area contributed by atoms with Crippen LogP contribution in [0.15, 0.2) is 84.9 Å². The SMILES string of the molecule is O=C(NC(CN1C(=O)COC1=O)c1ccccc1)c1cccc(OCc2ccccc2)c1. The number of carbonyl (C=O) groups excluding carboxylic acids is 3. The second kappa shape index (κ2) is 9.78. The van der Waals surface area contributed by atoms with Crippen molar-refractivity contribution in [3.8, 4) is 5.75 Å². The van der Waals surface area contributed by atoms with Crippen LogP contribution < -0.4 is 10.1 Å². The Morgan fingerprint density at radius 3 is 2.38 bits per heavy atom. The maximum Gasteiger partial charge on any atom is 0.417 e. The molecular formula is C25H22N2O5. The minimum atomic E-state index is -0.707. The average Bonchev–Trinajstić information content (AvgIpc) is 3.15. The van der Waals surface area contributed by atoms with Gasteiger partial charge >= 0.3 is 6.09 Å². The Bertz CT molecular complexity index is 1090. The number of rotatable bonds is 8. The van der Waals surface area contributed by atoms with Crippen molar-refractivity contribution in [3.63, 3.8) is 0 Å². The summed E-state index contributed by atoms with van der Waals surface area (Å²) >= 11 is 0. The zero-order chi connectivity index (χ0) is 22.3. The largest absolute Gasteiger partial charge is 0.489 e. The fourth-order valence-corrected chi connectivity index (χ4v) is 3.37. The molecule has 3 amide bonds. The summed E-state index contributed by atoms with van der Waals surface area (Å²) in [5, 5.41) is 2.92. The van der Waals surface area contributed by atoms with Crippen LogP contribution in [0.5, 0.6) is 5.75 Å². The monoisotopic (exact) mass is 430 g/mol. The minimum Gasteiger partial charge on any atom is -0.489 e. The van der Waals surface area contributed by atoms with E-state index in [1.54, 1.807) is 24.3 Å². The summed E-state index contributed by atoms with van der Waals surface area (Å²) in [5.41, 5.74) is 2.20. The summed E-state index contributed by atoms with van der Waals surface area (Å²) in [5.74, 6) is -0.207. The van der Waals surface area contributed by atoms with E-state index < -0.39 is 18.0 Å².